The summed E-state index contributed by atoms with van der Waals surface area (Å²) in [6.07, 6.45) is -3.20. The Morgan fingerprint density at radius 3 is 2.48 bits per heavy atom. The van der Waals surface area contributed by atoms with Crippen molar-refractivity contribution in [3.8, 4) is 5.75 Å². The number of benzene rings is 1. The first-order valence-electron chi connectivity index (χ1n) is 7.37. The largest absolute Gasteiger partial charge is 0.573 e. The van der Waals surface area contributed by atoms with E-state index >= 15 is 0 Å². The molecule has 2 aromatic rings. The minimum Gasteiger partial charge on any atom is -0.467 e. The first-order valence-corrected chi connectivity index (χ1v) is 7.37. The van der Waals surface area contributed by atoms with Gasteiger partial charge in [0.1, 0.15) is 11.5 Å². The Labute approximate surface area is 131 Å². The highest BCUT2D eigenvalue weighted by Crippen LogP contribution is 2.37. The summed E-state index contributed by atoms with van der Waals surface area (Å²) in [6, 6.07) is 9.32. The second-order valence-corrected chi connectivity index (χ2v) is 5.29. The number of nitrogens with zero attached hydrogens (tertiary/aromatic N) is 1. The Hall–Kier alpha value is -1.99. The number of halogens is 3. The lowest BCUT2D eigenvalue weighted by Crippen LogP contribution is -2.45. The molecule has 1 aliphatic heterocycles. The van der Waals surface area contributed by atoms with Crippen LogP contribution in [-0.4, -0.2) is 37.4 Å². The molecule has 124 valence electrons. The third kappa shape index (κ3) is 3.86. The zero-order chi connectivity index (χ0) is 16.3. The van der Waals surface area contributed by atoms with Gasteiger partial charge in [0.2, 0.25) is 0 Å². The van der Waals surface area contributed by atoms with E-state index in [2.05, 4.69) is 15.0 Å². The highest BCUT2D eigenvalue weighted by molar-refractivity contribution is 5.40. The molecule has 23 heavy (non-hydrogen) atoms. The number of piperazine rings is 1. The Morgan fingerprint density at radius 2 is 1.83 bits per heavy atom. The van der Waals surface area contributed by atoms with E-state index in [4.69, 9.17) is 4.42 Å². The maximum absolute atomic E-state index is 12.7. The summed E-state index contributed by atoms with van der Waals surface area (Å²) < 4.78 is 47.8. The fourth-order valence-electron chi connectivity index (χ4n) is 2.84. The van der Waals surface area contributed by atoms with Gasteiger partial charge in [-0.2, -0.15) is 0 Å². The summed E-state index contributed by atoms with van der Waals surface area (Å²) in [5.74, 6) is 0.407. The molecule has 1 aliphatic rings. The number of ether oxygens (including phenoxy) is 1. The number of hydrogen-bond acceptors (Lipinski definition) is 4. The number of rotatable bonds is 4. The molecule has 0 radical (unpaired) electrons. The van der Waals surface area contributed by atoms with E-state index in [9.17, 15) is 13.2 Å². The molecular formula is C16H17F3N2O2. The topological polar surface area (TPSA) is 37.6 Å². The normalized spacial score (nSPS) is 17.9. The highest BCUT2D eigenvalue weighted by atomic mass is 19.4. The monoisotopic (exact) mass is 326 g/mol. The predicted molar refractivity (Wildman–Crippen MR) is 78.1 cm³/mol. The van der Waals surface area contributed by atoms with Gasteiger partial charge in [-0.3, -0.25) is 4.90 Å². The third-order valence-electron chi connectivity index (χ3n) is 3.77. The van der Waals surface area contributed by atoms with Gasteiger partial charge < -0.3 is 14.5 Å². The van der Waals surface area contributed by atoms with Crippen molar-refractivity contribution in [3.05, 3.63) is 54.0 Å². The van der Waals surface area contributed by atoms with Crippen LogP contribution >= 0.6 is 0 Å². The van der Waals surface area contributed by atoms with Crippen molar-refractivity contribution in [3.63, 3.8) is 0 Å². The molecule has 4 nitrogen and oxygen atoms in total. The Morgan fingerprint density at radius 1 is 1.09 bits per heavy atom. The lowest BCUT2D eigenvalue weighted by Gasteiger charge is -2.34. The van der Waals surface area contributed by atoms with Crippen molar-refractivity contribution in [2.45, 2.75) is 12.4 Å². The van der Waals surface area contributed by atoms with Gasteiger partial charge >= 0.3 is 6.36 Å². The van der Waals surface area contributed by atoms with Crippen LogP contribution in [0.1, 0.15) is 17.4 Å². The van der Waals surface area contributed by atoms with Crippen molar-refractivity contribution < 1.29 is 22.3 Å². The molecule has 1 aromatic carbocycles. The van der Waals surface area contributed by atoms with Crippen molar-refractivity contribution >= 4 is 0 Å². The SMILES string of the molecule is FC(F)(F)Oc1ccccc1[C@H](c1ccco1)N1CCNCC1. The van der Waals surface area contributed by atoms with Crippen molar-refractivity contribution in [2.75, 3.05) is 26.2 Å². The van der Waals surface area contributed by atoms with Gasteiger partial charge in [0.05, 0.1) is 12.3 Å². The predicted octanol–water partition coefficient (Wildman–Crippen LogP) is 3.17. The summed E-state index contributed by atoms with van der Waals surface area (Å²) in [5, 5.41) is 3.24. The maximum atomic E-state index is 12.7. The second kappa shape index (κ2) is 6.64. The van der Waals surface area contributed by atoms with E-state index in [1.807, 2.05) is 0 Å². The number of nitrogens with one attached hydrogen (secondary N) is 1. The number of hydrogen-bond donors (Lipinski definition) is 1. The molecule has 0 aliphatic carbocycles. The molecule has 0 bridgehead atoms. The fraction of sp³-hybridized carbons (Fsp3) is 0.375. The van der Waals surface area contributed by atoms with Crippen LogP contribution < -0.4 is 10.1 Å². The highest BCUT2D eigenvalue weighted by Gasteiger charge is 2.35. The summed E-state index contributed by atoms with van der Waals surface area (Å²) in [6.45, 7) is 2.98. The van der Waals surface area contributed by atoms with E-state index in [0.717, 1.165) is 13.1 Å². The number of alkyl halides is 3. The first kappa shape index (κ1) is 15.9. The third-order valence-corrected chi connectivity index (χ3v) is 3.77. The van der Waals surface area contributed by atoms with E-state index < -0.39 is 12.4 Å². The van der Waals surface area contributed by atoms with Gasteiger partial charge in [-0.1, -0.05) is 18.2 Å². The lowest BCUT2D eigenvalue weighted by atomic mass is 10.0. The van der Waals surface area contributed by atoms with Gasteiger partial charge in [0.15, 0.2) is 0 Å². The van der Waals surface area contributed by atoms with Gasteiger partial charge in [0, 0.05) is 31.7 Å². The first-order chi connectivity index (χ1) is 11.0. The standard InChI is InChI=1S/C16H17F3N2O2/c17-16(18,19)23-13-5-2-1-4-12(13)15(14-6-3-11-22-14)21-9-7-20-8-10-21/h1-6,11,15,20H,7-10H2/t15-/m1/s1. The molecule has 1 N–H and O–H groups in total. The lowest BCUT2D eigenvalue weighted by molar-refractivity contribution is -0.275. The van der Waals surface area contributed by atoms with Gasteiger partial charge in [-0.15, -0.1) is 13.2 Å². The Balaban J connectivity index is 2.00. The molecule has 1 saturated heterocycles. The number of para-hydroxylation sites is 1. The quantitative estimate of drug-likeness (QED) is 0.936. The molecule has 1 fully saturated rings. The van der Waals surface area contributed by atoms with E-state index in [-0.39, 0.29) is 5.75 Å². The zero-order valence-electron chi connectivity index (χ0n) is 12.3. The molecule has 0 unspecified atom stereocenters. The van der Waals surface area contributed by atoms with Crippen LogP contribution in [0.5, 0.6) is 5.75 Å². The Kier molecular flexibility index (Phi) is 4.58. The Bertz CT molecular complexity index is 623. The molecule has 2 heterocycles. The fourth-order valence-corrected chi connectivity index (χ4v) is 2.84. The van der Waals surface area contributed by atoms with Crippen molar-refractivity contribution in [2.24, 2.45) is 0 Å². The summed E-state index contributed by atoms with van der Waals surface area (Å²) in [5.41, 5.74) is 0.446. The van der Waals surface area contributed by atoms with Crippen LogP contribution in [-0.2, 0) is 0 Å². The van der Waals surface area contributed by atoms with E-state index in [1.54, 1.807) is 24.3 Å². The summed E-state index contributed by atoms with van der Waals surface area (Å²) in [4.78, 5) is 2.09. The van der Waals surface area contributed by atoms with E-state index in [0.29, 0.717) is 24.4 Å². The molecule has 1 atom stereocenters. The smallest absolute Gasteiger partial charge is 0.467 e. The molecule has 0 spiro atoms. The molecule has 7 heteroatoms. The average molecular weight is 326 g/mol. The van der Waals surface area contributed by atoms with E-state index in [1.165, 1.54) is 18.4 Å². The summed E-state index contributed by atoms with van der Waals surface area (Å²) >= 11 is 0. The molecule has 3 rings (SSSR count). The summed E-state index contributed by atoms with van der Waals surface area (Å²) in [7, 11) is 0. The van der Waals surface area contributed by atoms with Crippen molar-refractivity contribution in [1.29, 1.82) is 0 Å². The van der Waals surface area contributed by atoms with Crippen molar-refractivity contribution in [1.82, 2.24) is 10.2 Å². The van der Waals surface area contributed by atoms with Gasteiger partial charge in [-0.05, 0) is 18.2 Å². The second-order valence-electron chi connectivity index (χ2n) is 5.29. The zero-order valence-corrected chi connectivity index (χ0v) is 12.3. The number of furan rings is 1. The maximum Gasteiger partial charge on any atom is 0.573 e. The molecule has 1 aromatic heterocycles. The van der Waals surface area contributed by atoms with Crippen LogP contribution in [0.25, 0.3) is 0 Å². The minimum absolute atomic E-state index is 0.195. The molecular weight excluding hydrogens is 309 g/mol. The minimum atomic E-state index is -4.73. The van der Waals surface area contributed by atoms with Crippen LogP contribution in [0.15, 0.2) is 47.1 Å². The molecule has 0 saturated carbocycles. The van der Waals surface area contributed by atoms with Crippen LogP contribution in [0.4, 0.5) is 13.2 Å². The average Bonchev–Trinajstić information content (AvgIpc) is 3.03. The van der Waals surface area contributed by atoms with Crippen LogP contribution in [0.2, 0.25) is 0 Å². The van der Waals surface area contributed by atoms with Crippen LogP contribution in [0.3, 0.4) is 0 Å². The van der Waals surface area contributed by atoms with Gasteiger partial charge in [-0.25, -0.2) is 0 Å². The van der Waals surface area contributed by atoms with Crippen LogP contribution in [0, 0.1) is 0 Å². The van der Waals surface area contributed by atoms with Gasteiger partial charge in [0.25, 0.3) is 0 Å². The molecule has 0 amide bonds.